The maximum absolute atomic E-state index is 12.0. The Morgan fingerprint density at radius 1 is 0.373 bits per heavy atom. The lowest BCUT2D eigenvalue weighted by Gasteiger charge is -2.50. The number of benzene rings is 5. The van der Waals surface area contributed by atoms with Crippen molar-refractivity contribution < 1.29 is 108 Å². The van der Waals surface area contributed by atoms with Crippen LogP contribution >= 0.6 is 15.9 Å². The largest absolute Gasteiger partial charge is 0.508 e. The Labute approximate surface area is 852 Å². The second-order valence-electron chi connectivity index (χ2n) is 45.6. The van der Waals surface area contributed by atoms with Crippen molar-refractivity contribution in [2.75, 3.05) is 58.1 Å². The Morgan fingerprint density at radius 2 is 0.676 bits per heavy atom. The highest BCUT2D eigenvalue weighted by atomic mass is 79.9. The molecule has 5 aromatic carbocycles. The molecule has 25 unspecified atom stereocenters. The zero-order valence-electron chi connectivity index (χ0n) is 86.9. The van der Waals surface area contributed by atoms with Gasteiger partial charge in [-0.15, -0.1) is 0 Å². The molecule has 0 spiro atoms. The van der Waals surface area contributed by atoms with E-state index in [1.807, 2.05) is 48.5 Å². The lowest BCUT2D eigenvalue weighted by Crippen LogP contribution is -2.49. The molecule has 0 saturated heterocycles. The summed E-state index contributed by atoms with van der Waals surface area (Å²) >= 11 is 2.94. The Hall–Kier alpha value is -8.29. The fourth-order valence-corrected chi connectivity index (χ4v) is 31.0. The molecular weight excluding hydrogens is 1860 g/mol. The van der Waals surface area contributed by atoms with Crippen molar-refractivity contribution in [1.82, 2.24) is 5.32 Å². The molecule has 23 nitrogen and oxygen atoms in total. The van der Waals surface area contributed by atoms with Crippen molar-refractivity contribution in [2.45, 2.75) is 367 Å². The molecule has 20 rings (SSSR count). The highest BCUT2D eigenvalue weighted by Gasteiger charge is 2.61. The number of phenolic OH excluding ortho intramolecular Hbond substituents is 1. The fourth-order valence-electron chi connectivity index (χ4n) is 30.8. The molecule has 1 amide bonds. The summed E-state index contributed by atoms with van der Waals surface area (Å²) in [7, 11) is 0. The fraction of sp³-hybridized carbons (Fsp3) is 0.686. The number of fused-ring (bicyclic) bond motifs is 25. The van der Waals surface area contributed by atoms with Crippen molar-refractivity contribution in [3.8, 4) is 28.7 Å². The van der Waals surface area contributed by atoms with E-state index in [4.69, 9.17) is 43.4 Å². The Balaban J connectivity index is 0.000000137. The van der Waals surface area contributed by atoms with Gasteiger partial charge in [0.1, 0.15) is 46.3 Å². The Bertz CT molecular complexity index is 5000. The third-order valence-corrected chi connectivity index (χ3v) is 38.4. The number of amides is 1. The van der Waals surface area contributed by atoms with Crippen LogP contribution in [0.3, 0.4) is 0 Å². The molecule has 10 N–H and O–H groups in total. The van der Waals surface area contributed by atoms with Crippen LogP contribution in [-0.4, -0.2) is 161 Å². The van der Waals surface area contributed by atoms with Gasteiger partial charge in [0.25, 0.3) is 5.91 Å². The highest BCUT2D eigenvalue weighted by molar-refractivity contribution is 9.09. The Morgan fingerprint density at radius 3 is 0.986 bits per heavy atom. The predicted octanol–water partition coefficient (Wildman–Crippen LogP) is 21.3. The standard InChI is InChI=1S/C25H37NO3.C24H32O5.2C20H26O4.C20H26O3.C5H13N.C4H7BrO2/c1-3-4-5-14-26-24(28)16-29-18-7-9-19-17(15-18)6-8-21-20(19)12-13-25(2)22(21)10-11-23(25)27;1-4-27-23(26)14-28-17-6-8-18-16(13-17)5-7-20-19(18)11-12-24(3)21(20)9-10-22(24)29-15(2)25;2*1-20-9-8-15-14-5-3-13(24-11-19(22)23)10-12(14)2-4-16(15)17(20)6-7-18(20)21;1-12(21)23-19-8-7-18-17-5-3-13-11-14(22)4-6-15(13)16(17)9-10-20(18,19)2;1-2-3-4-5-6;1-2-7-4(6)3-5/h7,9,15,20-23,27H,3-6,8,10-14,16H2,1-2H3,(H,26,28);6,8,13,19-22H,4-5,7,9-12,14H2,1-3H3;2*3,5,10,15-18,21H,2,4,6-9,11H2,1H3,(H,22,23);4,6,11,16-19,22H,3,5,7-10H2,1-2H3;2-6H2,1H3;2-3H2,1H3/p+1. The number of aliphatic hydroxyl groups excluding tert-OH is 3. The molecule has 10 saturated carbocycles. The van der Waals surface area contributed by atoms with E-state index in [0.717, 1.165) is 179 Å². The van der Waals surface area contributed by atoms with E-state index in [1.54, 1.807) is 13.8 Å². The molecule has 0 aliphatic heterocycles. The van der Waals surface area contributed by atoms with Gasteiger partial charge in [-0.2, -0.15) is 0 Å². The SMILES string of the molecule is CC(=O)OC1CCC2C3CCc4cc(O)ccc4C3CCC12C.CC12CCC3c4ccc(OCC(=O)O)cc4CCC3C1CCC2O.CC12CCC3c4ccc(OCC(=O)O)cc4CCC3C1CCC2O.CCCCCNC(=O)COc1ccc2c(c1)CCC1C2CCC2(C)C(O)CCC12.CCCCC[NH3+].CCOC(=O)CBr.CCOC(=O)COc1ccc2c(c1)CCC1C2CCC2(C)C(OC(C)=O)CCC12. The lowest BCUT2D eigenvalue weighted by molar-refractivity contribution is -0.368. The number of hydrogen-bond acceptors (Lipinski definition) is 19. The normalized spacial score (nSPS) is 32.9. The van der Waals surface area contributed by atoms with Crippen LogP contribution in [0.5, 0.6) is 28.7 Å². The number of unbranched alkanes of at least 4 members (excludes halogenated alkanes) is 4. The molecule has 142 heavy (non-hydrogen) atoms. The van der Waals surface area contributed by atoms with Gasteiger partial charge < -0.3 is 79.6 Å². The maximum atomic E-state index is 12.0. The van der Waals surface area contributed by atoms with E-state index in [-0.39, 0.29) is 114 Å². The number of carboxylic acid groups (broad SMARTS) is 2. The minimum Gasteiger partial charge on any atom is -0.508 e. The van der Waals surface area contributed by atoms with Gasteiger partial charge in [-0.05, 0) is 447 Å². The zero-order chi connectivity index (χ0) is 102. The van der Waals surface area contributed by atoms with Crippen molar-refractivity contribution in [2.24, 2.45) is 86.3 Å². The van der Waals surface area contributed by atoms with Crippen molar-refractivity contribution in [3.63, 3.8) is 0 Å². The number of aromatic hydroxyl groups is 1. The molecule has 0 bridgehead atoms. The number of carboxylic acids is 2. The van der Waals surface area contributed by atoms with E-state index in [0.29, 0.717) is 125 Å². The van der Waals surface area contributed by atoms with E-state index < -0.39 is 11.9 Å². The average Bonchev–Trinajstić information content (AvgIpc) is 1.47. The summed E-state index contributed by atoms with van der Waals surface area (Å²) in [5.74, 6) is 10.2. The number of nitrogens with one attached hydrogen (secondary N) is 1. The van der Waals surface area contributed by atoms with E-state index in [2.05, 4.69) is 123 Å². The summed E-state index contributed by atoms with van der Waals surface area (Å²) in [5.41, 5.74) is 18.3. The number of hydrogen-bond donors (Lipinski definition) is 8. The third kappa shape index (κ3) is 24.7. The van der Waals surface area contributed by atoms with Crippen LogP contribution in [-0.2, 0) is 84.6 Å². The quantitative estimate of drug-likeness (QED) is 0.0123. The summed E-state index contributed by atoms with van der Waals surface area (Å²) in [4.78, 5) is 78.0. The minimum atomic E-state index is -0.945. The van der Waals surface area contributed by atoms with E-state index in [9.17, 15) is 54.0 Å². The summed E-state index contributed by atoms with van der Waals surface area (Å²) in [6.45, 7) is 24.7. The third-order valence-electron chi connectivity index (χ3n) is 37.9. The zero-order valence-corrected chi connectivity index (χ0v) is 88.5. The number of halogens is 1. The van der Waals surface area contributed by atoms with Crippen LogP contribution in [0.4, 0.5) is 0 Å². The number of aliphatic hydroxyl groups is 3. The van der Waals surface area contributed by atoms with Crippen LogP contribution in [0, 0.1) is 86.3 Å². The van der Waals surface area contributed by atoms with Crippen LogP contribution < -0.4 is 30.0 Å². The number of carbonyl (C=O) groups is 7. The number of ether oxygens (including phenoxy) is 8. The number of quaternary nitrogens is 1. The molecule has 0 radical (unpaired) electrons. The van der Waals surface area contributed by atoms with E-state index in [1.165, 1.54) is 147 Å². The lowest BCUT2D eigenvalue weighted by atomic mass is 9.55. The second kappa shape index (κ2) is 49.0. The number of rotatable bonds is 24. The van der Waals surface area contributed by atoms with Crippen LogP contribution in [0.1, 0.15) is 360 Å². The molecule has 0 heterocycles. The first kappa shape index (κ1) is 109. The number of esters is 4. The maximum Gasteiger partial charge on any atom is 0.344 e. The average molecular weight is 2030 g/mol. The number of alkyl halides is 1. The molecule has 782 valence electrons. The van der Waals surface area contributed by atoms with Crippen LogP contribution in [0.25, 0.3) is 0 Å². The van der Waals surface area contributed by atoms with Crippen LogP contribution in [0.2, 0.25) is 0 Å². The monoisotopic (exact) mass is 2030 g/mol. The van der Waals surface area contributed by atoms with Gasteiger partial charge in [0, 0.05) is 31.2 Å². The summed E-state index contributed by atoms with van der Waals surface area (Å²) in [6.07, 6.45) is 40.4. The smallest absolute Gasteiger partial charge is 0.344 e. The molecule has 15 aliphatic carbocycles. The topological polar surface area (TPSA) is 354 Å². The van der Waals surface area contributed by atoms with Gasteiger partial charge in [-0.3, -0.25) is 19.2 Å². The molecule has 15 aliphatic rings. The van der Waals surface area contributed by atoms with Crippen molar-refractivity contribution in [1.29, 1.82) is 0 Å². The Kier molecular flexibility index (Phi) is 37.8. The number of aliphatic carboxylic acids is 2. The first-order valence-electron chi connectivity index (χ1n) is 54.7. The molecule has 25 atom stereocenters. The van der Waals surface area contributed by atoms with Crippen molar-refractivity contribution >= 4 is 57.7 Å². The molecule has 0 aromatic heterocycles. The van der Waals surface area contributed by atoms with Gasteiger partial charge in [0.15, 0.2) is 26.4 Å². The number of carbonyl (C=O) groups excluding carboxylic acids is 5. The van der Waals surface area contributed by atoms with Gasteiger partial charge in [0.2, 0.25) is 0 Å². The highest BCUT2D eigenvalue weighted by Crippen LogP contribution is 2.67. The van der Waals surface area contributed by atoms with Gasteiger partial charge >= 0.3 is 35.8 Å². The molecule has 24 heteroatoms. The molecule has 10 fully saturated rings. The molecule has 5 aromatic rings. The predicted molar refractivity (Wildman–Crippen MR) is 550 cm³/mol. The second-order valence-corrected chi connectivity index (χ2v) is 46.1. The minimum absolute atomic E-state index is 0.0368. The van der Waals surface area contributed by atoms with Gasteiger partial charge in [0.05, 0.1) is 38.1 Å². The summed E-state index contributed by atoms with van der Waals surface area (Å²) in [6, 6.07) is 30.9. The number of phenols is 1. The summed E-state index contributed by atoms with van der Waals surface area (Å²) < 4.78 is 42.9. The van der Waals surface area contributed by atoms with Crippen LogP contribution in [0.15, 0.2) is 91.0 Å². The first-order valence-corrected chi connectivity index (χ1v) is 55.9. The molecular formula is C118H168BrN2O21+. The summed E-state index contributed by atoms with van der Waals surface area (Å²) in [5, 5.41) is 61.9. The number of aryl methyl sites for hydroxylation is 5. The van der Waals surface area contributed by atoms with Crippen molar-refractivity contribution in [3.05, 3.63) is 147 Å². The van der Waals surface area contributed by atoms with E-state index >= 15 is 0 Å². The van der Waals surface area contributed by atoms with Gasteiger partial charge in [-0.1, -0.05) is 114 Å². The van der Waals surface area contributed by atoms with Gasteiger partial charge in [-0.25, -0.2) is 14.4 Å². The first-order chi connectivity index (χ1) is 68.1.